The maximum Gasteiger partial charge on any atom is -0.0357 e. The number of rotatable bonds is 1. The van der Waals surface area contributed by atoms with Gasteiger partial charge >= 0.3 is 0 Å². The van der Waals surface area contributed by atoms with Crippen LogP contribution in [0.1, 0.15) is 59.3 Å². The van der Waals surface area contributed by atoms with E-state index in [-0.39, 0.29) is 0 Å². The fourth-order valence-corrected chi connectivity index (χ4v) is 5.26. The summed E-state index contributed by atoms with van der Waals surface area (Å²) in [6.07, 6.45) is 9.32. The van der Waals surface area contributed by atoms with E-state index >= 15 is 0 Å². The zero-order valence-corrected chi connectivity index (χ0v) is 11.3. The largest absolute Gasteiger partial charge is 0.0622 e. The summed E-state index contributed by atoms with van der Waals surface area (Å²) in [5.74, 6) is 7.54. The van der Waals surface area contributed by atoms with Crippen LogP contribution in [0.4, 0.5) is 0 Å². The van der Waals surface area contributed by atoms with Gasteiger partial charge in [-0.15, -0.1) is 0 Å². The van der Waals surface area contributed by atoms with Crippen molar-refractivity contribution in [3.63, 3.8) is 0 Å². The van der Waals surface area contributed by atoms with Crippen LogP contribution < -0.4 is 0 Å². The molecule has 0 bridgehead atoms. The van der Waals surface area contributed by atoms with Crippen molar-refractivity contribution in [3.05, 3.63) is 0 Å². The smallest absolute Gasteiger partial charge is 0.0357 e. The average Bonchev–Trinajstić information content (AvgIpc) is 2.58. The SMILES string of the molecule is CC1CCC(C2CCC3C(C)CC3C2)C1C. The summed E-state index contributed by atoms with van der Waals surface area (Å²) in [4.78, 5) is 0. The molecule has 0 radical (unpaired) electrons. The number of hydrogen-bond donors (Lipinski definition) is 0. The molecule has 0 heteroatoms. The minimum absolute atomic E-state index is 1.00. The van der Waals surface area contributed by atoms with Crippen LogP contribution in [0, 0.1) is 41.4 Å². The Kier molecular flexibility index (Phi) is 2.80. The molecule has 0 aromatic rings. The molecule has 3 fully saturated rings. The normalized spacial score (nSPS) is 56.8. The van der Waals surface area contributed by atoms with Crippen molar-refractivity contribution in [1.29, 1.82) is 0 Å². The Morgan fingerprint density at radius 1 is 0.625 bits per heavy atom. The van der Waals surface area contributed by atoms with Crippen molar-refractivity contribution in [2.24, 2.45) is 41.4 Å². The third-order valence-corrected chi connectivity index (χ3v) is 6.62. The molecule has 0 nitrogen and oxygen atoms in total. The fraction of sp³-hybridized carbons (Fsp3) is 1.00. The van der Waals surface area contributed by atoms with E-state index in [1.54, 1.807) is 32.1 Å². The van der Waals surface area contributed by atoms with Crippen molar-refractivity contribution in [1.82, 2.24) is 0 Å². The van der Waals surface area contributed by atoms with E-state index in [1.807, 2.05) is 0 Å². The Morgan fingerprint density at radius 2 is 1.38 bits per heavy atom. The van der Waals surface area contributed by atoms with Gasteiger partial charge in [-0.1, -0.05) is 27.2 Å². The van der Waals surface area contributed by atoms with E-state index in [2.05, 4.69) is 20.8 Å². The molecule has 92 valence electrons. The van der Waals surface area contributed by atoms with Gasteiger partial charge in [-0.2, -0.15) is 0 Å². The van der Waals surface area contributed by atoms with Gasteiger partial charge in [0, 0.05) is 0 Å². The van der Waals surface area contributed by atoms with E-state index in [0.717, 1.165) is 41.4 Å². The van der Waals surface area contributed by atoms with Crippen LogP contribution in [0.3, 0.4) is 0 Å². The molecule has 3 rings (SSSR count). The molecule has 0 heterocycles. The molecule has 0 N–H and O–H groups in total. The van der Waals surface area contributed by atoms with Crippen LogP contribution in [0.2, 0.25) is 0 Å². The summed E-state index contributed by atoms with van der Waals surface area (Å²) in [6.45, 7) is 7.47. The second-order valence-electron chi connectivity index (χ2n) is 7.29. The third kappa shape index (κ3) is 1.64. The molecular formula is C16H28. The molecule has 3 aliphatic carbocycles. The summed E-state index contributed by atoms with van der Waals surface area (Å²) >= 11 is 0. The number of fused-ring (bicyclic) bond motifs is 1. The summed E-state index contributed by atoms with van der Waals surface area (Å²) in [5.41, 5.74) is 0. The van der Waals surface area contributed by atoms with Crippen molar-refractivity contribution < 1.29 is 0 Å². The van der Waals surface area contributed by atoms with Gasteiger partial charge in [0.05, 0.1) is 0 Å². The van der Waals surface area contributed by atoms with Gasteiger partial charge in [0.25, 0.3) is 0 Å². The summed E-state index contributed by atoms with van der Waals surface area (Å²) in [6, 6.07) is 0. The minimum Gasteiger partial charge on any atom is -0.0622 e. The molecular weight excluding hydrogens is 192 g/mol. The van der Waals surface area contributed by atoms with Crippen molar-refractivity contribution in [3.8, 4) is 0 Å². The van der Waals surface area contributed by atoms with E-state index in [9.17, 15) is 0 Å². The van der Waals surface area contributed by atoms with Crippen LogP contribution in [0.5, 0.6) is 0 Å². The first-order chi connectivity index (χ1) is 7.66. The predicted molar refractivity (Wildman–Crippen MR) is 69.2 cm³/mol. The molecule has 3 saturated carbocycles. The van der Waals surface area contributed by atoms with Crippen molar-refractivity contribution in [2.45, 2.75) is 59.3 Å². The van der Waals surface area contributed by atoms with Gasteiger partial charge < -0.3 is 0 Å². The first-order valence-corrected chi connectivity index (χ1v) is 7.66. The highest BCUT2D eigenvalue weighted by molar-refractivity contribution is 4.95. The van der Waals surface area contributed by atoms with Crippen molar-refractivity contribution >= 4 is 0 Å². The van der Waals surface area contributed by atoms with E-state index < -0.39 is 0 Å². The van der Waals surface area contributed by atoms with Gasteiger partial charge in [0.2, 0.25) is 0 Å². The molecule has 0 aliphatic heterocycles. The van der Waals surface area contributed by atoms with Gasteiger partial charge in [-0.05, 0) is 73.5 Å². The van der Waals surface area contributed by atoms with Crippen LogP contribution in [0.15, 0.2) is 0 Å². The molecule has 0 aromatic heterocycles. The van der Waals surface area contributed by atoms with Gasteiger partial charge in [0.15, 0.2) is 0 Å². The molecule has 7 unspecified atom stereocenters. The van der Waals surface area contributed by atoms with Crippen LogP contribution in [-0.4, -0.2) is 0 Å². The maximum absolute atomic E-state index is 2.53. The molecule has 0 amide bonds. The minimum atomic E-state index is 1.00. The van der Waals surface area contributed by atoms with E-state index in [0.29, 0.717) is 0 Å². The first kappa shape index (κ1) is 11.1. The van der Waals surface area contributed by atoms with Crippen LogP contribution in [-0.2, 0) is 0 Å². The molecule has 3 aliphatic rings. The Bertz CT molecular complexity index is 257. The summed E-state index contributed by atoms with van der Waals surface area (Å²) in [7, 11) is 0. The quantitative estimate of drug-likeness (QED) is 0.598. The van der Waals surface area contributed by atoms with Crippen molar-refractivity contribution in [2.75, 3.05) is 0 Å². The molecule has 16 heavy (non-hydrogen) atoms. The Hall–Kier alpha value is 0. The fourth-order valence-electron chi connectivity index (χ4n) is 5.26. The molecule has 0 spiro atoms. The zero-order valence-electron chi connectivity index (χ0n) is 11.3. The average molecular weight is 220 g/mol. The molecule has 0 aromatic carbocycles. The standard InChI is InChI=1S/C16H28/c1-10-4-6-16(12(10)3)13-5-7-15-11(2)8-14(15)9-13/h10-16H,4-9H2,1-3H3. The Balaban J connectivity index is 1.61. The monoisotopic (exact) mass is 220 g/mol. The second-order valence-corrected chi connectivity index (χ2v) is 7.29. The predicted octanol–water partition coefficient (Wildman–Crippen LogP) is 4.74. The van der Waals surface area contributed by atoms with E-state index in [1.165, 1.54) is 6.42 Å². The number of hydrogen-bond acceptors (Lipinski definition) is 0. The lowest BCUT2D eigenvalue weighted by Gasteiger charge is -2.50. The molecule has 0 saturated heterocycles. The molecule has 7 atom stereocenters. The zero-order chi connectivity index (χ0) is 11.3. The second kappa shape index (κ2) is 4.03. The van der Waals surface area contributed by atoms with Crippen LogP contribution >= 0.6 is 0 Å². The Morgan fingerprint density at radius 3 is 1.94 bits per heavy atom. The van der Waals surface area contributed by atoms with E-state index in [4.69, 9.17) is 0 Å². The first-order valence-electron chi connectivity index (χ1n) is 7.66. The summed E-state index contributed by atoms with van der Waals surface area (Å²) < 4.78 is 0. The maximum atomic E-state index is 2.53. The lowest BCUT2D eigenvalue weighted by atomic mass is 9.55. The highest BCUT2D eigenvalue weighted by atomic mass is 14.5. The van der Waals surface area contributed by atoms with Gasteiger partial charge in [-0.3, -0.25) is 0 Å². The highest BCUT2D eigenvalue weighted by Gasteiger charge is 2.45. The van der Waals surface area contributed by atoms with Crippen LogP contribution in [0.25, 0.3) is 0 Å². The lowest BCUT2D eigenvalue weighted by Crippen LogP contribution is -2.41. The topological polar surface area (TPSA) is 0 Å². The highest BCUT2D eigenvalue weighted by Crippen LogP contribution is 2.55. The van der Waals surface area contributed by atoms with Gasteiger partial charge in [-0.25, -0.2) is 0 Å². The lowest BCUT2D eigenvalue weighted by molar-refractivity contribution is -0.00299. The summed E-state index contributed by atoms with van der Waals surface area (Å²) in [5, 5.41) is 0. The Labute approximate surface area is 101 Å². The van der Waals surface area contributed by atoms with Gasteiger partial charge in [0.1, 0.15) is 0 Å². The third-order valence-electron chi connectivity index (χ3n) is 6.62.